The van der Waals surface area contributed by atoms with Crippen molar-refractivity contribution in [1.29, 1.82) is 0 Å². The number of hydrogen-bond acceptors (Lipinski definition) is 0. The van der Waals surface area contributed by atoms with Gasteiger partial charge in [0.25, 0.3) is 0 Å². The molecule has 146 valence electrons. The van der Waals surface area contributed by atoms with Gasteiger partial charge in [0.05, 0.1) is 0 Å². The van der Waals surface area contributed by atoms with Gasteiger partial charge in [-0.15, -0.1) is 0 Å². The normalized spacial score (nSPS) is 10.4. The minimum atomic E-state index is 0.921. The Hall–Kier alpha value is -4.20. The maximum absolute atomic E-state index is 3.32. The Labute approximate surface area is 183 Å². The molecule has 0 amide bonds. The van der Waals surface area contributed by atoms with Crippen molar-refractivity contribution in [2.24, 2.45) is 0 Å². The van der Waals surface area contributed by atoms with Gasteiger partial charge in [-0.3, -0.25) is 0 Å². The van der Waals surface area contributed by atoms with Gasteiger partial charge < -0.3 is 4.57 Å². The molecule has 0 unspecified atom stereocenters. The van der Waals surface area contributed by atoms with Crippen LogP contribution in [-0.4, -0.2) is 4.57 Å². The van der Waals surface area contributed by atoms with E-state index in [2.05, 4.69) is 71.6 Å². The third-order valence-electron chi connectivity index (χ3n) is 5.43. The summed E-state index contributed by atoms with van der Waals surface area (Å²) in [6.45, 7) is 3.11. The number of benzene rings is 4. The molecule has 0 fully saturated rings. The summed E-state index contributed by atoms with van der Waals surface area (Å²) < 4.78 is 2.35. The van der Waals surface area contributed by atoms with Crippen molar-refractivity contribution in [3.05, 3.63) is 119 Å². The molecule has 5 rings (SSSR count). The average Bonchev–Trinajstić information content (AvgIpc) is 3.15. The van der Waals surface area contributed by atoms with Crippen LogP contribution in [0.2, 0.25) is 0 Å². The molecule has 0 atom stereocenters. The van der Waals surface area contributed by atoms with E-state index in [0.717, 1.165) is 28.8 Å². The molecule has 31 heavy (non-hydrogen) atoms. The molecule has 5 aromatic rings. The van der Waals surface area contributed by atoms with Gasteiger partial charge >= 0.3 is 0 Å². The zero-order valence-electron chi connectivity index (χ0n) is 17.4. The molecule has 1 nitrogen and oxygen atoms in total. The molecule has 4 aromatic carbocycles. The minimum absolute atomic E-state index is 0.921. The Bertz CT molecular complexity index is 1380. The second kappa shape index (κ2) is 8.27. The summed E-state index contributed by atoms with van der Waals surface area (Å²) in [5.41, 5.74) is 6.56. The molecule has 0 aliphatic carbocycles. The molecule has 0 saturated heterocycles. The van der Waals surface area contributed by atoms with Crippen molar-refractivity contribution >= 4 is 21.8 Å². The smallest absolute Gasteiger partial charge is 0.0492 e. The highest BCUT2D eigenvalue weighted by Crippen LogP contribution is 2.30. The van der Waals surface area contributed by atoms with Crippen LogP contribution in [0.4, 0.5) is 0 Å². The van der Waals surface area contributed by atoms with E-state index in [0.29, 0.717) is 0 Å². The molecular weight excluding hydrogens is 374 g/mol. The van der Waals surface area contributed by atoms with E-state index in [1.807, 2.05) is 60.7 Å². The standard InChI is InChI=1S/C30H21N/c1-2-31-29-19-17-25(15-13-23-9-5-3-6-10-23)21-27(29)28-22-26(18-20-30(28)31)16-14-24-11-7-4-8-12-24/h3-12,17-22H,2H2,1H3. The van der Waals surface area contributed by atoms with E-state index >= 15 is 0 Å². The van der Waals surface area contributed by atoms with Gasteiger partial charge in [0, 0.05) is 50.6 Å². The van der Waals surface area contributed by atoms with Crippen LogP contribution in [0.3, 0.4) is 0 Å². The zero-order valence-corrected chi connectivity index (χ0v) is 17.4. The van der Waals surface area contributed by atoms with Crippen molar-refractivity contribution in [1.82, 2.24) is 4.57 Å². The number of aromatic nitrogens is 1. The summed E-state index contributed by atoms with van der Waals surface area (Å²) >= 11 is 0. The predicted octanol–water partition coefficient (Wildman–Crippen LogP) is 6.61. The van der Waals surface area contributed by atoms with Crippen LogP contribution in [-0.2, 0) is 6.54 Å². The number of nitrogens with zero attached hydrogens (tertiary/aromatic N) is 1. The van der Waals surface area contributed by atoms with Crippen molar-refractivity contribution in [3.8, 4) is 23.7 Å². The first kappa shape index (κ1) is 18.8. The summed E-state index contributed by atoms with van der Waals surface area (Å²) in [5.74, 6) is 13.2. The molecule has 0 saturated carbocycles. The Kier molecular flexibility index (Phi) is 5.02. The lowest BCUT2D eigenvalue weighted by atomic mass is 10.1. The first-order chi connectivity index (χ1) is 15.3. The van der Waals surface area contributed by atoms with Crippen LogP contribution in [0.1, 0.15) is 29.2 Å². The van der Waals surface area contributed by atoms with E-state index in [1.165, 1.54) is 21.8 Å². The van der Waals surface area contributed by atoms with E-state index < -0.39 is 0 Å². The first-order valence-corrected chi connectivity index (χ1v) is 10.5. The van der Waals surface area contributed by atoms with E-state index in [4.69, 9.17) is 0 Å². The van der Waals surface area contributed by atoms with Gasteiger partial charge in [0.2, 0.25) is 0 Å². The fourth-order valence-electron chi connectivity index (χ4n) is 3.93. The predicted molar refractivity (Wildman–Crippen MR) is 130 cm³/mol. The number of hydrogen-bond donors (Lipinski definition) is 0. The Morgan fingerprint density at radius 1 is 0.516 bits per heavy atom. The molecule has 0 N–H and O–H groups in total. The first-order valence-electron chi connectivity index (χ1n) is 10.5. The van der Waals surface area contributed by atoms with Gasteiger partial charge in [-0.25, -0.2) is 0 Å². The highest BCUT2D eigenvalue weighted by Gasteiger charge is 2.10. The summed E-state index contributed by atoms with van der Waals surface area (Å²) in [4.78, 5) is 0. The quantitative estimate of drug-likeness (QED) is 0.281. The highest BCUT2D eigenvalue weighted by atomic mass is 15.0. The van der Waals surface area contributed by atoms with Crippen LogP contribution in [0.5, 0.6) is 0 Å². The Morgan fingerprint density at radius 3 is 1.35 bits per heavy atom. The third kappa shape index (κ3) is 3.83. The van der Waals surface area contributed by atoms with Gasteiger partial charge in [-0.1, -0.05) is 60.1 Å². The molecule has 0 aliphatic heterocycles. The maximum atomic E-state index is 3.32. The molecule has 1 aromatic heterocycles. The fourth-order valence-corrected chi connectivity index (χ4v) is 3.93. The average molecular weight is 396 g/mol. The van der Waals surface area contributed by atoms with E-state index in [1.54, 1.807) is 0 Å². The molecule has 1 heteroatoms. The number of fused-ring (bicyclic) bond motifs is 3. The third-order valence-corrected chi connectivity index (χ3v) is 5.43. The van der Waals surface area contributed by atoms with Gasteiger partial charge in [-0.05, 0) is 67.6 Å². The van der Waals surface area contributed by atoms with Crippen molar-refractivity contribution in [2.75, 3.05) is 0 Å². The minimum Gasteiger partial charge on any atom is -0.341 e. The van der Waals surface area contributed by atoms with E-state index in [-0.39, 0.29) is 0 Å². The summed E-state index contributed by atoms with van der Waals surface area (Å²) in [5, 5.41) is 2.44. The molecule has 1 heterocycles. The van der Waals surface area contributed by atoms with Crippen LogP contribution < -0.4 is 0 Å². The second-order valence-electron chi connectivity index (χ2n) is 7.44. The lowest BCUT2D eigenvalue weighted by Gasteiger charge is -2.02. The van der Waals surface area contributed by atoms with E-state index in [9.17, 15) is 0 Å². The maximum Gasteiger partial charge on any atom is 0.0492 e. The van der Waals surface area contributed by atoms with Crippen molar-refractivity contribution < 1.29 is 0 Å². The zero-order chi connectivity index (χ0) is 21.0. The monoisotopic (exact) mass is 395 g/mol. The summed E-state index contributed by atoms with van der Waals surface area (Å²) in [6, 6.07) is 33.2. The van der Waals surface area contributed by atoms with Gasteiger partial charge in [-0.2, -0.15) is 0 Å². The molecular formula is C30H21N. The lowest BCUT2D eigenvalue weighted by molar-refractivity contribution is 0.827. The Balaban J connectivity index is 1.62. The highest BCUT2D eigenvalue weighted by molar-refractivity contribution is 6.09. The number of rotatable bonds is 1. The summed E-state index contributed by atoms with van der Waals surface area (Å²) in [6.07, 6.45) is 0. The van der Waals surface area contributed by atoms with Crippen LogP contribution >= 0.6 is 0 Å². The van der Waals surface area contributed by atoms with Gasteiger partial charge in [0.1, 0.15) is 0 Å². The summed E-state index contributed by atoms with van der Waals surface area (Å²) in [7, 11) is 0. The van der Waals surface area contributed by atoms with Crippen molar-refractivity contribution in [2.45, 2.75) is 13.5 Å². The second-order valence-corrected chi connectivity index (χ2v) is 7.44. The molecule has 0 aliphatic rings. The molecule has 0 bridgehead atoms. The Morgan fingerprint density at radius 2 is 0.935 bits per heavy atom. The number of aryl methyl sites for hydroxylation is 1. The molecule has 0 spiro atoms. The van der Waals surface area contributed by atoms with Crippen LogP contribution in [0, 0.1) is 23.7 Å². The molecule has 0 radical (unpaired) electrons. The van der Waals surface area contributed by atoms with Crippen LogP contribution in [0.25, 0.3) is 21.8 Å². The van der Waals surface area contributed by atoms with Crippen molar-refractivity contribution in [3.63, 3.8) is 0 Å². The van der Waals surface area contributed by atoms with Crippen LogP contribution in [0.15, 0.2) is 97.1 Å². The fraction of sp³-hybridized carbons (Fsp3) is 0.0667. The lowest BCUT2D eigenvalue weighted by Crippen LogP contribution is -1.92. The topological polar surface area (TPSA) is 4.93 Å². The largest absolute Gasteiger partial charge is 0.341 e. The SMILES string of the molecule is CCn1c2ccc(C#Cc3ccccc3)cc2c2cc(C#Cc3ccccc3)ccc21. The van der Waals surface area contributed by atoms with Gasteiger partial charge in [0.15, 0.2) is 0 Å².